The van der Waals surface area contributed by atoms with E-state index in [1.807, 2.05) is 54.6 Å². The van der Waals surface area contributed by atoms with Gasteiger partial charge in [-0.05, 0) is 11.6 Å². The molecule has 0 unspecified atom stereocenters. The van der Waals surface area contributed by atoms with E-state index < -0.39 is 6.09 Å². The molecule has 3 aromatic rings. The largest absolute Gasteiger partial charge is 0.444 e. The summed E-state index contributed by atoms with van der Waals surface area (Å²) < 4.78 is 10.6. The molecule has 0 spiro atoms. The maximum absolute atomic E-state index is 11.7. The van der Waals surface area contributed by atoms with Crippen molar-refractivity contribution in [2.75, 3.05) is 5.32 Å². The van der Waals surface area contributed by atoms with Gasteiger partial charge in [-0.25, -0.2) is 4.79 Å². The van der Waals surface area contributed by atoms with E-state index in [1.54, 1.807) is 6.07 Å². The van der Waals surface area contributed by atoms with Gasteiger partial charge < -0.3 is 9.15 Å². The van der Waals surface area contributed by atoms with Gasteiger partial charge in [0.25, 0.3) is 0 Å². The van der Waals surface area contributed by atoms with Crippen molar-refractivity contribution in [1.29, 1.82) is 0 Å². The number of nitrogens with one attached hydrogen (secondary N) is 1. The van der Waals surface area contributed by atoms with Crippen molar-refractivity contribution in [3.8, 4) is 0 Å². The highest BCUT2D eigenvalue weighted by Crippen LogP contribution is 2.22. The first-order valence-electron chi connectivity index (χ1n) is 6.27. The van der Waals surface area contributed by atoms with Gasteiger partial charge in [-0.1, -0.05) is 48.5 Å². The standard InChI is InChI=1S/C16H13NO3/c18-16(19-11-12-6-2-1-3-7-12)17-15-10-13-8-4-5-9-14(13)20-15/h1-10H,11H2,(H,17,18). The van der Waals surface area contributed by atoms with Crippen LogP contribution in [0.15, 0.2) is 65.1 Å². The van der Waals surface area contributed by atoms with E-state index in [2.05, 4.69) is 5.32 Å². The Morgan fingerprint density at radius 1 is 1.05 bits per heavy atom. The molecule has 1 N–H and O–H groups in total. The second-order valence-corrected chi connectivity index (χ2v) is 4.34. The number of amides is 1. The van der Waals surface area contributed by atoms with Crippen molar-refractivity contribution in [1.82, 2.24) is 0 Å². The highest BCUT2D eigenvalue weighted by molar-refractivity contribution is 5.88. The Labute approximate surface area is 116 Å². The molecule has 1 aromatic heterocycles. The summed E-state index contributed by atoms with van der Waals surface area (Å²) in [6.45, 7) is 0.229. The van der Waals surface area contributed by atoms with Crippen molar-refractivity contribution >= 4 is 22.9 Å². The van der Waals surface area contributed by atoms with E-state index in [-0.39, 0.29) is 6.61 Å². The zero-order valence-corrected chi connectivity index (χ0v) is 10.7. The van der Waals surface area contributed by atoms with Gasteiger partial charge in [0.2, 0.25) is 5.88 Å². The number of carbonyl (C=O) groups excluding carboxylic acids is 1. The minimum absolute atomic E-state index is 0.229. The lowest BCUT2D eigenvalue weighted by atomic mass is 10.2. The van der Waals surface area contributed by atoms with Gasteiger partial charge in [-0.2, -0.15) is 0 Å². The van der Waals surface area contributed by atoms with Gasteiger partial charge in [-0.3, -0.25) is 5.32 Å². The quantitative estimate of drug-likeness (QED) is 0.774. The number of furan rings is 1. The maximum Gasteiger partial charge on any atom is 0.414 e. The first kappa shape index (κ1) is 12.3. The fourth-order valence-electron chi connectivity index (χ4n) is 1.90. The van der Waals surface area contributed by atoms with E-state index in [9.17, 15) is 4.79 Å². The van der Waals surface area contributed by atoms with E-state index in [0.29, 0.717) is 5.88 Å². The van der Waals surface area contributed by atoms with E-state index in [4.69, 9.17) is 9.15 Å². The van der Waals surface area contributed by atoms with Crippen LogP contribution in [-0.2, 0) is 11.3 Å². The molecule has 1 heterocycles. The number of para-hydroxylation sites is 1. The van der Waals surface area contributed by atoms with Crippen LogP contribution in [0.5, 0.6) is 0 Å². The summed E-state index contributed by atoms with van der Waals surface area (Å²) >= 11 is 0. The number of carbonyl (C=O) groups is 1. The summed E-state index contributed by atoms with van der Waals surface area (Å²) in [7, 11) is 0. The number of anilines is 1. The Hall–Kier alpha value is -2.75. The van der Waals surface area contributed by atoms with Crippen LogP contribution in [0.25, 0.3) is 11.0 Å². The third kappa shape index (κ3) is 2.80. The second-order valence-electron chi connectivity index (χ2n) is 4.34. The fourth-order valence-corrected chi connectivity index (χ4v) is 1.90. The molecule has 0 saturated carbocycles. The molecule has 0 aliphatic heterocycles. The molecule has 0 radical (unpaired) electrons. The van der Waals surface area contributed by atoms with Crippen LogP contribution in [0.3, 0.4) is 0 Å². The molecule has 0 fully saturated rings. The van der Waals surface area contributed by atoms with Gasteiger partial charge >= 0.3 is 6.09 Å². The molecular formula is C16H13NO3. The van der Waals surface area contributed by atoms with Gasteiger partial charge in [-0.15, -0.1) is 0 Å². The molecule has 4 heteroatoms. The Morgan fingerprint density at radius 2 is 1.80 bits per heavy atom. The van der Waals surface area contributed by atoms with Crippen LogP contribution in [0, 0.1) is 0 Å². The van der Waals surface area contributed by atoms with Crippen LogP contribution in [0.4, 0.5) is 10.7 Å². The summed E-state index contributed by atoms with van der Waals surface area (Å²) in [5, 5.41) is 3.51. The lowest BCUT2D eigenvalue weighted by Crippen LogP contribution is -2.12. The normalized spacial score (nSPS) is 10.4. The predicted octanol–water partition coefficient (Wildman–Crippen LogP) is 4.18. The molecule has 0 aliphatic rings. The average molecular weight is 267 g/mol. The van der Waals surface area contributed by atoms with E-state index >= 15 is 0 Å². The summed E-state index contributed by atoms with van der Waals surface area (Å²) in [6.07, 6.45) is -0.534. The molecule has 20 heavy (non-hydrogen) atoms. The summed E-state index contributed by atoms with van der Waals surface area (Å²) in [5.41, 5.74) is 1.66. The van der Waals surface area contributed by atoms with Crippen LogP contribution < -0.4 is 5.32 Å². The predicted molar refractivity (Wildman–Crippen MR) is 76.5 cm³/mol. The number of rotatable bonds is 3. The zero-order chi connectivity index (χ0) is 13.8. The SMILES string of the molecule is O=C(Nc1cc2ccccc2o1)OCc1ccccc1. The maximum atomic E-state index is 11.7. The third-order valence-electron chi connectivity index (χ3n) is 2.86. The number of ether oxygens (including phenoxy) is 1. The Morgan fingerprint density at radius 3 is 2.60 bits per heavy atom. The number of fused-ring (bicyclic) bond motifs is 1. The van der Waals surface area contributed by atoms with Crippen molar-refractivity contribution in [2.45, 2.75) is 6.61 Å². The molecule has 1 amide bonds. The van der Waals surface area contributed by atoms with Crippen LogP contribution in [-0.4, -0.2) is 6.09 Å². The minimum Gasteiger partial charge on any atom is -0.444 e. The molecule has 0 saturated heterocycles. The Balaban J connectivity index is 1.61. The lowest BCUT2D eigenvalue weighted by molar-refractivity contribution is 0.154. The molecular weight excluding hydrogens is 254 g/mol. The minimum atomic E-state index is -0.534. The van der Waals surface area contributed by atoms with Crippen LogP contribution >= 0.6 is 0 Å². The zero-order valence-electron chi connectivity index (χ0n) is 10.7. The smallest absolute Gasteiger partial charge is 0.414 e. The lowest BCUT2D eigenvalue weighted by Gasteiger charge is -2.04. The number of hydrogen-bond donors (Lipinski definition) is 1. The van der Waals surface area contributed by atoms with Gasteiger partial charge in [0.05, 0.1) is 0 Å². The average Bonchev–Trinajstić information content (AvgIpc) is 2.88. The van der Waals surface area contributed by atoms with Crippen molar-refractivity contribution in [2.24, 2.45) is 0 Å². The van der Waals surface area contributed by atoms with Crippen LogP contribution in [0.2, 0.25) is 0 Å². The molecule has 0 aliphatic carbocycles. The highest BCUT2D eigenvalue weighted by Gasteiger charge is 2.08. The molecule has 0 atom stereocenters. The molecule has 2 aromatic carbocycles. The monoisotopic (exact) mass is 267 g/mol. The summed E-state index contributed by atoms with van der Waals surface area (Å²) in [4.78, 5) is 11.7. The third-order valence-corrected chi connectivity index (χ3v) is 2.86. The Kier molecular flexibility index (Phi) is 3.37. The van der Waals surface area contributed by atoms with Crippen molar-refractivity contribution in [3.05, 3.63) is 66.2 Å². The molecule has 3 rings (SSSR count). The van der Waals surface area contributed by atoms with Crippen molar-refractivity contribution in [3.63, 3.8) is 0 Å². The second kappa shape index (κ2) is 5.48. The number of benzene rings is 2. The van der Waals surface area contributed by atoms with E-state index in [1.165, 1.54) is 0 Å². The van der Waals surface area contributed by atoms with Gasteiger partial charge in [0, 0.05) is 11.5 Å². The van der Waals surface area contributed by atoms with E-state index in [0.717, 1.165) is 16.5 Å². The summed E-state index contributed by atoms with van der Waals surface area (Å²) in [5.74, 6) is 0.379. The molecule has 4 nitrogen and oxygen atoms in total. The van der Waals surface area contributed by atoms with Crippen LogP contribution in [0.1, 0.15) is 5.56 Å². The van der Waals surface area contributed by atoms with Crippen molar-refractivity contribution < 1.29 is 13.9 Å². The molecule has 0 bridgehead atoms. The Bertz CT molecular complexity index is 686. The first-order valence-corrected chi connectivity index (χ1v) is 6.27. The van der Waals surface area contributed by atoms with Gasteiger partial charge in [0.15, 0.2) is 0 Å². The first-order chi connectivity index (χ1) is 9.81. The number of hydrogen-bond acceptors (Lipinski definition) is 3. The summed E-state index contributed by atoms with van der Waals surface area (Å²) in [6, 6.07) is 18.8. The fraction of sp³-hybridized carbons (Fsp3) is 0.0625. The van der Waals surface area contributed by atoms with Gasteiger partial charge in [0.1, 0.15) is 12.2 Å². The topological polar surface area (TPSA) is 51.5 Å². The molecule has 100 valence electrons. The highest BCUT2D eigenvalue weighted by atomic mass is 16.5.